The second kappa shape index (κ2) is 5.53. The summed E-state index contributed by atoms with van der Waals surface area (Å²) in [4.78, 5) is 14.4. The predicted molar refractivity (Wildman–Crippen MR) is 75.4 cm³/mol. The van der Waals surface area contributed by atoms with Crippen LogP contribution < -0.4 is 0 Å². The fraction of sp³-hybridized carbons (Fsp3) is 0.615. The number of thiophene rings is 1. The molecule has 0 bridgehead atoms. The highest BCUT2D eigenvalue weighted by Crippen LogP contribution is 2.31. The van der Waals surface area contributed by atoms with Crippen molar-refractivity contribution in [3.05, 3.63) is 22.4 Å². The first-order valence-electron chi connectivity index (χ1n) is 6.05. The third-order valence-corrected chi connectivity index (χ3v) is 5.21. The van der Waals surface area contributed by atoms with E-state index in [4.69, 9.17) is 0 Å². The maximum absolute atomic E-state index is 12.4. The van der Waals surface area contributed by atoms with E-state index in [1.54, 1.807) is 11.3 Å². The highest BCUT2D eigenvalue weighted by molar-refractivity contribution is 9.10. The first-order chi connectivity index (χ1) is 8.09. The summed E-state index contributed by atoms with van der Waals surface area (Å²) in [6.07, 6.45) is 2.32. The fourth-order valence-electron chi connectivity index (χ4n) is 1.80. The Kier molecular flexibility index (Phi) is 4.26. The molecule has 0 saturated heterocycles. The molecule has 1 unspecified atom stereocenters. The summed E-state index contributed by atoms with van der Waals surface area (Å²) in [5.41, 5.74) is 1.25. The summed E-state index contributed by atoms with van der Waals surface area (Å²) in [5, 5.41) is 4.19. The van der Waals surface area contributed by atoms with Gasteiger partial charge in [-0.3, -0.25) is 4.79 Å². The van der Waals surface area contributed by atoms with E-state index in [2.05, 4.69) is 46.6 Å². The molecule has 0 radical (unpaired) electrons. The molecule has 1 atom stereocenters. The summed E-state index contributed by atoms with van der Waals surface area (Å²) in [5.74, 6) is 0.583. The Morgan fingerprint density at radius 3 is 2.76 bits per heavy atom. The van der Waals surface area contributed by atoms with Crippen LogP contribution >= 0.6 is 27.3 Å². The second-order valence-electron chi connectivity index (χ2n) is 4.97. The van der Waals surface area contributed by atoms with Crippen molar-refractivity contribution in [3.8, 4) is 0 Å². The molecule has 0 spiro atoms. The highest BCUT2D eigenvalue weighted by Gasteiger charge is 2.35. The van der Waals surface area contributed by atoms with E-state index in [-0.39, 0.29) is 10.7 Å². The lowest BCUT2D eigenvalue weighted by Gasteiger charge is -2.26. The average Bonchev–Trinajstić information content (AvgIpc) is 3.01. The lowest BCUT2D eigenvalue weighted by atomic mass is 10.1. The first kappa shape index (κ1) is 13.1. The zero-order valence-electron chi connectivity index (χ0n) is 10.2. The largest absolute Gasteiger partial charge is 0.334 e. The van der Waals surface area contributed by atoms with Crippen LogP contribution in [0.25, 0.3) is 0 Å². The van der Waals surface area contributed by atoms with E-state index in [9.17, 15) is 4.79 Å². The minimum Gasteiger partial charge on any atom is -0.334 e. The van der Waals surface area contributed by atoms with Crippen LogP contribution in [-0.2, 0) is 11.3 Å². The van der Waals surface area contributed by atoms with E-state index in [1.165, 1.54) is 5.56 Å². The van der Waals surface area contributed by atoms with Crippen LogP contribution in [0.2, 0.25) is 0 Å². The van der Waals surface area contributed by atoms with Gasteiger partial charge < -0.3 is 4.90 Å². The maximum Gasteiger partial charge on any atom is 0.237 e. The van der Waals surface area contributed by atoms with E-state index in [0.717, 1.165) is 19.4 Å². The van der Waals surface area contributed by atoms with E-state index < -0.39 is 0 Å². The SMILES string of the molecule is CC(C)C(Br)C(=O)N(Cc1ccsc1)C1CC1. The normalized spacial score (nSPS) is 17.2. The molecule has 94 valence electrons. The molecule has 2 rings (SSSR count). The Morgan fingerprint density at radius 2 is 2.29 bits per heavy atom. The van der Waals surface area contributed by atoms with Crippen molar-refractivity contribution >= 4 is 33.2 Å². The Hall–Kier alpha value is -0.350. The number of carbonyl (C=O) groups is 1. The van der Waals surface area contributed by atoms with Crippen molar-refractivity contribution < 1.29 is 4.79 Å². The van der Waals surface area contributed by atoms with Crippen LogP contribution in [0.3, 0.4) is 0 Å². The lowest BCUT2D eigenvalue weighted by Crippen LogP contribution is -2.39. The van der Waals surface area contributed by atoms with Crippen LogP contribution in [0.1, 0.15) is 32.3 Å². The molecular formula is C13H18BrNOS. The number of alkyl halides is 1. The number of rotatable bonds is 5. The third-order valence-electron chi connectivity index (χ3n) is 3.02. The smallest absolute Gasteiger partial charge is 0.237 e. The van der Waals surface area contributed by atoms with Crippen molar-refractivity contribution in [2.24, 2.45) is 5.92 Å². The molecule has 0 aliphatic heterocycles. The molecule has 1 amide bonds. The number of hydrogen-bond acceptors (Lipinski definition) is 2. The van der Waals surface area contributed by atoms with Crippen molar-refractivity contribution in [1.82, 2.24) is 4.90 Å². The van der Waals surface area contributed by atoms with Crippen molar-refractivity contribution in [1.29, 1.82) is 0 Å². The van der Waals surface area contributed by atoms with Crippen LogP contribution in [-0.4, -0.2) is 21.7 Å². The van der Waals surface area contributed by atoms with Gasteiger partial charge in [-0.15, -0.1) is 0 Å². The summed E-state index contributed by atoms with van der Waals surface area (Å²) in [7, 11) is 0. The first-order valence-corrected chi connectivity index (χ1v) is 7.91. The van der Waals surface area contributed by atoms with Gasteiger partial charge in [-0.2, -0.15) is 11.3 Å². The number of halogens is 1. The van der Waals surface area contributed by atoms with Crippen LogP contribution in [0, 0.1) is 5.92 Å². The Bertz CT molecular complexity index is 373. The summed E-state index contributed by atoms with van der Waals surface area (Å²) >= 11 is 5.21. The van der Waals surface area contributed by atoms with Crippen molar-refractivity contribution in [2.75, 3.05) is 0 Å². The monoisotopic (exact) mass is 315 g/mol. The van der Waals surface area contributed by atoms with E-state index in [0.29, 0.717) is 12.0 Å². The van der Waals surface area contributed by atoms with Gasteiger partial charge in [0.05, 0.1) is 4.83 Å². The zero-order chi connectivity index (χ0) is 12.4. The molecule has 1 aromatic heterocycles. The molecule has 1 saturated carbocycles. The Morgan fingerprint density at radius 1 is 1.59 bits per heavy atom. The van der Waals surface area contributed by atoms with Gasteiger partial charge in [0.1, 0.15) is 0 Å². The van der Waals surface area contributed by atoms with Gasteiger partial charge in [-0.05, 0) is 41.1 Å². The minimum atomic E-state index is -0.0539. The van der Waals surface area contributed by atoms with Gasteiger partial charge in [0, 0.05) is 12.6 Å². The zero-order valence-corrected chi connectivity index (χ0v) is 12.6. The molecule has 17 heavy (non-hydrogen) atoms. The molecule has 2 nitrogen and oxygen atoms in total. The number of amides is 1. The molecule has 0 aromatic carbocycles. The summed E-state index contributed by atoms with van der Waals surface area (Å²) in [6.45, 7) is 4.92. The molecule has 1 aliphatic rings. The Labute approximate surface area is 115 Å². The van der Waals surface area contributed by atoms with Crippen LogP contribution in [0.4, 0.5) is 0 Å². The number of nitrogens with zero attached hydrogens (tertiary/aromatic N) is 1. The molecule has 1 heterocycles. The quantitative estimate of drug-likeness (QED) is 0.759. The Balaban J connectivity index is 2.04. The number of hydrogen-bond donors (Lipinski definition) is 0. The standard InChI is InChI=1S/C13H18BrNOS/c1-9(2)12(14)13(16)15(11-3-4-11)7-10-5-6-17-8-10/h5-6,8-9,11-12H,3-4,7H2,1-2H3. The molecular weight excluding hydrogens is 298 g/mol. The lowest BCUT2D eigenvalue weighted by molar-refractivity contribution is -0.132. The topological polar surface area (TPSA) is 20.3 Å². The van der Waals surface area contributed by atoms with Crippen molar-refractivity contribution in [2.45, 2.75) is 44.1 Å². The van der Waals surface area contributed by atoms with Gasteiger partial charge in [0.25, 0.3) is 0 Å². The van der Waals surface area contributed by atoms with Crippen LogP contribution in [0.5, 0.6) is 0 Å². The molecule has 0 N–H and O–H groups in total. The molecule has 1 aliphatic carbocycles. The number of carbonyl (C=O) groups excluding carboxylic acids is 1. The van der Waals surface area contributed by atoms with Gasteiger partial charge in [0.15, 0.2) is 0 Å². The van der Waals surface area contributed by atoms with Gasteiger partial charge >= 0.3 is 0 Å². The molecule has 1 aromatic rings. The third kappa shape index (κ3) is 3.32. The average molecular weight is 316 g/mol. The van der Waals surface area contributed by atoms with Crippen molar-refractivity contribution in [3.63, 3.8) is 0 Å². The van der Waals surface area contributed by atoms with Gasteiger partial charge in [-0.25, -0.2) is 0 Å². The van der Waals surface area contributed by atoms with E-state index >= 15 is 0 Å². The minimum absolute atomic E-state index is 0.0539. The predicted octanol–water partition coefficient (Wildman–Crippen LogP) is 3.66. The van der Waals surface area contributed by atoms with Gasteiger partial charge in [0.2, 0.25) is 5.91 Å². The second-order valence-corrected chi connectivity index (χ2v) is 6.74. The highest BCUT2D eigenvalue weighted by atomic mass is 79.9. The van der Waals surface area contributed by atoms with Gasteiger partial charge in [-0.1, -0.05) is 29.8 Å². The maximum atomic E-state index is 12.4. The van der Waals surface area contributed by atoms with Crippen LogP contribution in [0.15, 0.2) is 16.8 Å². The molecule has 1 fully saturated rings. The molecule has 4 heteroatoms. The summed E-state index contributed by atoms with van der Waals surface area (Å²) in [6, 6.07) is 2.58. The fourth-order valence-corrected chi connectivity index (χ4v) is 2.72. The van der Waals surface area contributed by atoms with E-state index in [1.807, 2.05) is 4.90 Å². The summed E-state index contributed by atoms with van der Waals surface area (Å²) < 4.78 is 0.